The molecule has 11 nitrogen and oxygen atoms in total. The van der Waals surface area contributed by atoms with Crippen molar-refractivity contribution in [3.05, 3.63) is 0 Å². The topological polar surface area (TPSA) is 194 Å². The molecule has 0 aromatic carbocycles. The van der Waals surface area contributed by atoms with E-state index in [2.05, 4.69) is 9.78 Å². The molecule has 0 aromatic heterocycles. The Labute approximate surface area is 88.8 Å². The highest BCUT2D eigenvalue weighted by atomic mass is 32.3. The number of carbonyl (C=O) groups excluding carboxylic acids is 2. The lowest BCUT2D eigenvalue weighted by molar-refractivity contribution is -0.242. The van der Waals surface area contributed by atoms with Crippen LogP contribution >= 0.6 is 0 Å². The first-order chi connectivity index (χ1) is 7.11. The van der Waals surface area contributed by atoms with E-state index in [0.717, 1.165) is 0 Å². The molecule has 0 bridgehead atoms. The molecule has 1 unspecified atom stereocenters. The zero-order valence-electron chi connectivity index (χ0n) is 7.51. The van der Waals surface area contributed by atoms with Crippen LogP contribution in [0.25, 0.3) is 0 Å². The fourth-order valence-electron chi connectivity index (χ4n) is 0.368. The van der Waals surface area contributed by atoms with Crippen molar-refractivity contribution in [2.75, 3.05) is 0 Å². The second-order valence-corrected chi connectivity index (χ2v) is 3.03. The highest BCUT2D eigenvalue weighted by molar-refractivity contribution is 7.79. The minimum absolute atomic E-state index is 0.560. The van der Waals surface area contributed by atoms with E-state index in [1.165, 1.54) is 0 Å². The van der Waals surface area contributed by atoms with Crippen molar-refractivity contribution >= 4 is 22.3 Å². The van der Waals surface area contributed by atoms with Gasteiger partial charge in [0.15, 0.2) is 0 Å². The highest BCUT2D eigenvalue weighted by Gasteiger charge is 2.19. The lowest BCUT2D eigenvalue weighted by Crippen LogP contribution is -2.34. The SMILES string of the molecule is NC(CC(=O)OO)C(=O)OO.O=S(=O)(O)O. The maximum absolute atomic E-state index is 10.3. The van der Waals surface area contributed by atoms with Gasteiger partial charge >= 0.3 is 22.3 Å². The number of carbonyl (C=O) groups is 2. The molecule has 0 aliphatic rings. The molecule has 0 radical (unpaired) electrons. The first-order valence-corrected chi connectivity index (χ1v) is 4.66. The minimum Gasteiger partial charge on any atom is -0.318 e. The quantitative estimate of drug-likeness (QED) is 0.216. The van der Waals surface area contributed by atoms with E-state index in [4.69, 9.17) is 33.8 Å². The first kappa shape index (κ1) is 17.1. The van der Waals surface area contributed by atoms with Gasteiger partial charge in [0.2, 0.25) is 0 Å². The van der Waals surface area contributed by atoms with Crippen LogP contribution in [0.2, 0.25) is 0 Å². The van der Waals surface area contributed by atoms with E-state index in [0.29, 0.717) is 0 Å². The smallest absolute Gasteiger partial charge is 0.318 e. The van der Waals surface area contributed by atoms with Crippen LogP contribution in [0.1, 0.15) is 6.42 Å². The van der Waals surface area contributed by atoms with Gasteiger partial charge in [-0.1, -0.05) is 0 Å². The van der Waals surface area contributed by atoms with E-state index < -0.39 is 34.8 Å². The molecule has 6 N–H and O–H groups in total. The van der Waals surface area contributed by atoms with Crippen LogP contribution in [0, 0.1) is 0 Å². The third kappa shape index (κ3) is 15.2. The molecule has 0 saturated carbocycles. The summed E-state index contributed by atoms with van der Waals surface area (Å²) in [4.78, 5) is 26.9. The number of hydrogen-bond acceptors (Lipinski definition) is 9. The lowest BCUT2D eigenvalue weighted by atomic mass is 10.2. The maximum Gasteiger partial charge on any atom is 0.394 e. The van der Waals surface area contributed by atoms with Gasteiger partial charge in [0.1, 0.15) is 6.04 Å². The van der Waals surface area contributed by atoms with Gasteiger partial charge in [-0.15, -0.1) is 0 Å². The highest BCUT2D eigenvalue weighted by Crippen LogP contribution is 1.92. The molecule has 0 heterocycles. The average molecular weight is 263 g/mol. The Morgan fingerprint density at radius 3 is 1.81 bits per heavy atom. The largest absolute Gasteiger partial charge is 0.394 e. The zero-order valence-corrected chi connectivity index (χ0v) is 8.32. The van der Waals surface area contributed by atoms with Gasteiger partial charge in [0.05, 0.1) is 6.42 Å². The molecule has 0 rings (SSSR count). The van der Waals surface area contributed by atoms with Gasteiger partial charge in [0, 0.05) is 0 Å². The summed E-state index contributed by atoms with van der Waals surface area (Å²) in [7, 11) is -4.67. The summed E-state index contributed by atoms with van der Waals surface area (Å²) < 4.78 is 31.6. The van der Waals surface area contributed by atoms with Crippen molar-refractivity contribution in [3.63, 3.8) is 0 Å². The average Bonchev–Trinajstić information content (AvgIpc) is 2.13. The van der Waals surface area contributed by atoms with Crippen molar-refractivity contribution in [1.82, 2.24) is 0 Å². The summed E-state index contributed by atoms with van der Waals surface area (Å²) in [6, 6.07) is -1.33. The number of rotatable bonds is 3. The standard InChI is InChI=1S/C4H7NO6.H2O4S/c5-2(4(7)11-9)1-3(6)10-8;1-5(2,3)4/h2,8-9H,1,5H2;(H2,1,2,3,4). The summed E-state index contributed by atoms with van der Waals surface area (Å²) in [5, 5.41) is 15.5. The number of hydrogen-bond donors (Lipinski definition) is 5. The van der Waals surface area contributed by atoms with Gasteiger partial charge in [-0.3, -0.25) is 14.0 Å². The molecular formula is C4H9NO10S. The van der Waals surface area contributed by atoms with Crippen LogP contribution in [0.15, 0.2) is 0 Å². The van der Waals surface area contributed by atoms with Gasteiger partial charge in [-0.25, -0.2) is 9.59 Å². The Morgan fingerprint density at radius 2 is 1.56 bits per heavy atom. The fourth-order valence-corrected chi connectivity index (χ4v) is 0.368. The van der Waals surface area contributed by atoms with E-state index in [9.17, 15) is 9.59 Å². The van der Waals surface area contributed by atoms with Crippen molar-refractivity contribution in [2.24, 2.45) is 5.73 Å². The van der Waals surface area contributed by atoms with Crippen LogP contribution in [0.4, 0.5) is 0 Å². The third-order valence-electron chi connectivity index (χ3n) is 0.881. The minimum atomic E-state index is -4.67. The molecule has 0 spiro atoms. The predicted octanol–water partition coefficient (Wildman–Crippen LogP) is -1.92. The zero-order chi connectivity index (χ0) is 13.4. The lowest BCUT2D eigenvalue weighted by Gasteiger charge is -2.03. The molecule has 1 atom stereocenters. The van der Waals surface area contributed by atoms with Gasteiger partial charge < -0.3 is 10.6 Å². The van der Waals surface area contributed by atoms with Gasteiger partial charge in [-0.05, 0) is 0 Å². The second-order valence-electron chi connectivity index (χ2n) is 2.13. The molecule has 16 heavy (non-hydrogen) atoms. The number of nitrogens with two attached hydrogens (primary N) is 1. The van der Waals surface area contributed by atoms with Crippen molar-refractivity contribution < 1.29 is 47.4 Å². The Hall–Kier alpha value is -1.31. The summed E-state index contributed by atoms with van der Waals surface area (Å²) in [6.45, 7) is 0. The molecule has 12 heteroatoms. The monoisotopic (exact) mass is 263 g/mol. The summed E-state index contributed by atoms with van der Waals surface area (Å²) in [5.74, 6) is -2.25. The van der Waals surface area contributed by atoms with Crippen LogP contribution in [0.5, 0.6) is 0 Å². The third-order valence-corrected chi connectivity index (χ3v) is 0.881. The Morgan fingerprint density at radius 1 is 1.19 bits per heavy atom. The van der Waals surface area contributed by atoms with E-state index >= 15 is 0 Å². The molecule has 96 valence electrons. The van der Waals surface area contributed by atoms with Crippen molar-refractivity contribution in [3.8, 4) is 0 Å². The van der Waals surface area contributed by atoms with E-state index in [1.807, 2.05) is 0 Å². The van der Waals surface area contributed by atoms with Crippen LogP contribution < -0.4 is 5.73 Å². The maximum atomic E-state index is 10.3. The molecule has 0 aliphatic carbocycles. The van der Waals surface area contributed by atoms with Gasteiger partial charge in [-0.2, -0.15) is 18.9 Å². The summed E-state index contributed by atoms with van der Waals surface area (Å²) in [6.07, 6.45) is -0.560. The molecule has 0 amide bonds. The van der Waals surface area contributed by atoms with Crippen LogP contribution in [-0.4, -0.2) is 46.0 Å². The molecule has 0 fully saturated rings. The Kier molecular flexibility index (Phi) is 8.46. The summed E-state index contributed by atoms with van der Waals surface area (Å²) >= 11 is 0. The van der Waals surface area contributed by atoms with Crippen LogP contribution in [0.3, 0.4) is 0 Å². The predicted molar refractivity (Wildman–Crippen MR) is 44.2 cm³/mol. The molecule has 0 aliphatic heterocycles. The second kappa shape index (κ2) is 7.91. The van der Waals surface area contributed by atoms with Crippen LogP contribution in [-0.2, 0) is 29.8 Å². The van der Waals surface area contributed by atoms with E-state index in [-0.39, 0.29) is 0 Å². The van der Waals surface area contributed by atoms with E-state index in [1.54, 1.807) is 0 Å². The summed E-state index contributed by atoms with van der Waals surface area (Å²) in [5.41, 5.74) is 4.96. The molecule has 0 aromatic rings. The molecule has 0 saturated heterocycles. The molecular weight excluding hydrogens is 254 g/mol. The Balaban J connectivity index is 0. The van der Waals surface area contributed by atoms with Crippen molar-refractivity contribution in [2.45, 2.75) is 12.5 Å². The Bertz CT molecular complexity index is 314. The first-order valence-electron chi connectivity index (χ1n) is 3.26. The van der Waals surface area contributed by atoms with Gasteiger partial charge in [0.25, 0.3) is 0 Å². The van der Waals surface area contributed by atoms with Crippen molar-refractivity contribution in [1.29, 1.82) is 0 Å². The normalized spacial score (nSPS) is 11.8. The fraction of sp³-hybridized carbons (Fsp3) is 0.500.